The lowest BCUT2D eigenvalue weighted by Gasteiger charge is -2.26. The van der Waals surface area contributed by atoms with Crippen molar-refractivity contribution in [2.75, 3.05) is 5.75 Å². The fourth-order valence-electron chi connectivity index (χ4n) is 2.21. The Bertz CT molecular complexity index is 545. The molecule has 0 radical (unpaired) electrons. The van der Waals surface area contributed by atoms with Crippen LogP contribution >= 0.6 is 15.9 Å². The van der Waals surface area contributed by atoms with E-state index in [2.05, 4.69) is 15.9 Å². The number of hydrogen-bond donors (Lipinski definition) is 0. The Morgan fingerprint density at radius 1 is 1.22 bits per heavy atom. The maximum atomic E-state index is 13.2. The third-order valence-electron chi connectivity index (χ3n) is 3.22. The Labute approximate surface area is 113 Å². The van der Waals surface area contributed by atoms with Gasteiger partial charge in [0, 0.05) is 0 Å². The van der Waals surface area contributed by atoms with Crippen molar-refractivity contribution in [2.45, 2.75) is 29.3 Å². The molecule has 0 saturated carbocycles. The topological polar surface area (TPSA) is 34.1 Å². The molecule has 1 aliphatic heterocycles. The summed E-state index contributed by atoms with van der Waals surface area (Å²) in [6, 6.07) is 3.50. The van der Waals surface area contributed by atoms with Gasteiger partial charge in [-0.05, 0) is 30.5 Å². The first-order valence-electron chi connectivity index (χ1n) is 5.72. The minimum atomic E-state index is -3.16. The molecule has 2 rings (SSSR count). The van der Waals surface area contributed by atoms with E-state index in [1.807, 2.05) is 0 Å². The third-order valence-corrected chi connectivity index (χ3v) is 7.02. The maximum absolute atomic E-state index is 13.2. The average Bonchev–Trinajstić information content (AvgIpc) is 2.31. The van der Waals surface area contributed by atoms with E-state index in [0.717, 1.165) is 18.6 Å². The second kappa shape index (κ2) is 5.25. The fourth-order valence-corrected chi connectivity index (χ4v) is 5.70. The summed E-state index contributed by atoms with van der Waals surface area (Å²) in [4.78, 5) is -0.488. The number of alkyl halides is 1. The van der Waals surface area contributed by atoms with Crippen LogP contribution < -0.4 is 0 Å². The first-order valence-corrected chi connectivity index (χ1v) is 8.35. The molecule has 1 saturated heterocycles. The number of halogens is 3. The van der Waals surface area contributed by atoms with Crippen molar-refractivity contribution in [1.29, 1.82) is 0 Å². The molecule has 1 aromatic carbocycles. The van der Waals surface area contributed by atoms with Crippen LogP contribution in [-0.2, 0) is 9.84 Å². The smallest absolute Gasteiger partial charge is 0.159 e. The van der Waals surface area contributed by atoms with Gasteiger partial charge >= 0.3 is 0 Å². The van der Waals surface area contributed by atoms with Crippen molar-refractivity contribution in [3.8, 4) is 0 Å². The standard InChI is InChI=1S/C12H13BrF2O2S/c13-12(8-4-5-9(14)10(15)7-8)11-3-1-2-6-18(11,16)17/h4-5,7,11-12H,1-3,6H2. The number of hydrogen-bond acceptors (Lipinski definition) is 2. The van der Waals surface area contributed by atoms with Gasteiger partial charge in [0.1, 0.15) is 0 Å². The number of sulfone groups is 1. The van der Waals surface area contributed by atoms with E-state index in [1.54, 1.807) is 0 Å². The molecule has 2 nitrogen and oxygen atoms in total. The van der Waals surface area contributed by atoms with Gasteiger partial charge in [0.25, 0.3) is 0 Å². The average molecular weight is 339 g/mol. The van der Waals surface area contributed by atoms with Gasteiger partial charge in [-0.1, -0.05) is 28.4 Å². The molecule has 2 unspecified atom stereocenters. The van der Waals surface area contributed by atoms with Crippen molar-refractivity contribution in [3.63, 3.8) is 0 Å². The van der Waals surface area contributed by atoms with Crippen molar-refractivity contribution >= 4 is 25.8 Å². The predicted molar refractivity (Wildman–Crippen MR) is 69.5 cm³/mol. The first-order chi connectivity index (χ1) is 8.42. The van der Waals surface area contributed by atoms with Crippen LogP contribution in [0.4, 0.5) is 8.78 Å². The van der Waals surface area contributed by atoms with E-state index in [1.165, 1.54) is 6.07 Å². The Kier molecular flexibility index (Phi) is 4.06. The van der Waals surface area contributed by atoms with Crippen molar-refractivity contribution in [3.05, 3.63) is 35.4 Å². The molecule has 0 aromatic heterocycles. The minimum absolute atomic E-state index is 0.170. The monoisotopic (exact) mass is 338 g/mol. The van der Waals surface area contributed by atoms with Gasteiger partial charge < -0.3 is 0 Å². The molecule has 1 fully saturated rings. The highest BCUT2D eigenvalue weighted by molar-refractivity contribution is 9.09. The largest absolute Gasteiger partial charge is 0.228 e. The lowest BCUT2D eigenvalue weighted by Crippen LogP contribution is -2.31. The zero-order valence-electron chi connectivity index (χ0n) is 9.57. The summed E-state index contributed by atoms with van der Waals surface area (Å²) in [5, 5.41) is -0.559. The molecule has 1 aliphatic rings. The molecule has 0 spiro atoms. The summed E-state index contributed by atoms with van der Waals surface area (Å²) in [6.07, 6.45) is 2.07. The highest BCUT2D eigenvalue weighted by Gasteiger charge is 2.35. The van der Waals surface area contributed by atoms with E-state index >= 15 is 0 Å². The van der Waals surface area contributed by atoms with Gasteiger partial charge in [-0.25, -0.2) is 17.2 Å². The summed E-state index contributed by atoms with van der Waals surface area (Å²) in [6.45, 7) is 0. The molecule has 2 atom stereocenters. The highest BCUT2D eigenvalue weighted by atomic mass is 79.9. The Hall–Kier alpha value is -0.490. The molecule has 18 heavy (non-hydrogen) atoms. The molecule has 0 amide bonds. The van der Waals surface area contributed by atoms with Gasteiger partial charge in [0.05, 0.1) is 15.8 Å². The van der Waals surface area contributed by atoms with Crippen molar-refractivity contribution < 1.29 is 17.2 Å². The van der Waals surface area contributed by atoms with Crippen LogP contribution in [-0.4, -0.2) is 19.4 Å². The molecule has 100 valence electrons. The highest BCUT2D eigenvalue weighted by Crippen LogP contribution is 2.37. The van der Waals surface area contributed by atoms with Crippen LogP contribution in [0.5, 0.6) is 0 Å². The predicted octanol–water partition coefficient (Wildman–Crippen LogP) is 3.37. The molecule has 6 heteroatoms. The zero-order chi connectivity index (χ0) is 13.3. The van der Waals surface area contributed by atoms with Gasteiger partial charge in [-0.2, -0.15) is 0 Å². The summed E-state index contributed by atoms with van der Waals surface area (Å²) in [7, 11) is -3.16. The van der Waals surface area contributed by atoms with Crippen LogP contribution in [0.15, 0.2) is 18.2 Å². The third kappa shape index (κ3) is 2.74. The van der Waals surface area contributed by atoms with Gasteiger partial charge in [-0.3, -0.25) is 0 Å². The van der Waals surface area contributed by atoms with E-state index < -0.39 is 31.5 Å². The van der Waals surface area contributed by atoms with Gasteiger partial charge in [-0.15, -0.1) is 0 Å². The van der Waals surface area contributed by atoms with E-state index in [0.29, 0.717) is 18.4 Å². The van der Waals surface area contributed by atoms with Crippen LogP contribution in [0.1, 0.15) is 29.7 Å². The summed E-state index contributed by atoms with van der Waals surface area (Å²) >= 11 is 3.31. The van der Waals surface area contributed by atoms with Crippen LogP contribution in [0.3, 0.4) is 0 Å². The lowest BCUT2D eigenvalue weighted by atomic mass is 10.0. The van der Waals surface area contributed by atoms with E-state index in [4.69, 9.17) is 0 Å². The number of rotatable bonds is 2. The molecule has 0 N–H and O–H groups in total. The van der Waals surface area contributed by atoms with Gasteiger partial charge in [0.15, 0.2) is 21.5 Å². The summed E-state index contributed by atoms with van der Waals surface area (Å²) in [5.41, 5.74) is 0.462. The van der Waals surface area contributed by atoms with Crippen LogP contribution in [0, 0.1) is 11.6 Å². The molecular formula is C12H13BrF2O2S. The minimum Gasteiger partial charge on any atom is -0.228 e. The van der Waals surface area contributed by atoms with Crippen molar-refractivity contribution in [1.82, 2.24) is 0 Å². The molecular weight excluding hydrogens is 326 g/mol. The maximum Gasteiger partial charge on any atom is 0.159 e. The SMILES string of the molecule is O=S1(=O)CCCCC1C(Br)c1ccc(F)c(F)c1. The molecule has 0 bridgehead atoms. The van der Waals surface area contributed by atoms with Crippen LogP contribution in [0.2, 0.25) is 0 Å². The Morgan fingerprint density at radius 3 is 2.56 bits per heavy atom. The Balaban J connectivity index is 2.30. The molecule has 0 aliphatic carbocycles. The van der Waals surface area contributed by atoms with Gasteiger partial charge in [0.2, 0.25) is 0 Å². The quantitative estimate of drug-likeness (QED) is 0.775. The van der Waals surface area contributed by atoms with Crippen molar-refractivity contribution in [2.24, 2.45) is 0 Å². The zero-order valence-corrected chi connectivity index (χ0v) is 12.0. The number of benzene rings is 1. The fraction of sp³-hybridized carbons (Fsp3) is 0.500. The first kappa shape index (κ1) is 13.9. The van der Waals surface area contributed by atoms with E-state index in [-0.39, 0.29) is 5.75 Å². The molecule has 1 heterocycles. The Morgan fingerprint density at radius 2 is 1.94 bits per heavy atom. The normalized spacial score (nSPS) is 24.7. The van der Waals surface area contributed by atoms with Crippen LogP contribution in [0.25, 0.3) is 0 Å². The summed E-state index contributed by atoms with van der Waals surface area (Å²) < 4.78 is 49.9. The van der Waals surface area contributed by atoms with E-state index in [9.17, 15) is 17.2 Å². The second-order valence-electron chi connectivity index (χ2n) is 4.48. The summed E-state index contributed by atoms with van der Waals surface area (Å²) in [5.74, 6) is -1.71. The molecule has 1 aromatic rings. The second-order valence-corrected chi connectivity index (χ2v) is 7.80. The lowest BCUT2D eigenvalue weighted by molar-refractivity contribution is 0.505.